The van der Waals surface area contributed by atoms with Crippen molar-refractivity contribution in [1.29, 1.82) is 0 Å². The first-order valence-electron chi connectivity index (χ1n) is 5.02. The molecule has 88 valence electrons. The summed E-state index contributed by atoms with van der Waals surface area (Å²) in [4.78, 5) is 0. The molecule has 0 amide bonds. The quantitative estimate of drug-likeness (QED) is 0.911. The Bertz CT molecular complexity index is 529. The fourth-order valence-corrected chi connectivity index (χ4v) is 1.97. The van der Waals surface area contributed by atoms with Crippen molar-refractivity contribution in [1.82, 2.24) is 0 Å². The van der Waals surface area contributed by atoms with Crippen LogP contribution in [0.15, 0.2) is 46.9 Å². The first kappa shape index (κ1) is 12.4. The van der Waals surface area contributed by atoms with Crippen LogP contribution in [0.25, 0.3) is 0 Å². The molecule has 0 radical (unpaired) electrons. The van der Waals surface area contributed by atoms with Crippen molar-refractivity contribution in [3.63, 3.8) is 0 Å². The Morgan fingerprint density at radius 2 is 1.94 bits per heavy atom. The van der Waals surface area contributed by atoms with Gasteiger partial charge in [0.05, 0.1) is 11.1 Å². The summed E-state index contributed by atoms with van der Waals surface area (Å²) in [5.41, 5.74) is 0.686. The van der Waals surface area contributed by atoms with Crippen molar-refractivity contribution in [2.24, 2.45) is 0 Å². The highest BCUT2D eigenvalue weighted by Gasteiger charge is 2.04. The lowest BCUT2D eigenvalue weighted by Crippen LogP contribution is -1.88. The van der Waals surface area contributed by atoms with Crippen LogP contribution >= 0.6 is 27.5 Å². The van der Waals surface area contributed by atoms with Crippen molar-refractivity contribution in [2.75, 3.05) is 0 Å². The number of ether oxygens (including phenoxy) is 1. The van der Waals surface area contributed by atoms with E-state index < -0.39 is 0 Å². The number of rotatable bonds is 3. The van der Waals surface area contributed by atoms with Gasteiger partial charge in [0.2, 0.25) is 0 Å². The van der Waals surface area contributed by atoms with Crippen LogP contribution in [0.3, 0.4) is 0 Å². The second-order valence-corrected chi connectivity index (χ2v) is 4.71. The van der Waals surface area contributed by atoms with Crippen LogP contribution < -0.4 is 4.74 Å². The van der Waals surface area contributed by atoms with E-state index in [0.29, 0.717) is 16.3 Å². The van der Waals surface area contributed by atoms with E-state index in [2.05, 4.69) is 15.9 Å². The van der Waals surface area contributed by atoms with Crippen LogP contribution in [0.2, 0.25) is 5.02 Å². The van der Waals surface area contributed by atoms with Crippen LogP contribution in [0.1, 0.15) is 5.56 Å². The maximum absolute atomic E-state index is 9.01. The molecule has 0 saturated carbocycles. The zero-order chi connectivity index (χ0) is 12.3. The van der Waals surface area contributed by atoms with Gasteiger partial charge in [0.1, 0.15) is 11.5 Å². The van der Waals surface area contributed by atoms with Gasteiger partial charge in [-0.05, 0) is 45.8 Å². The molecule has 4 heteroatoms. The Balaban J connectivity index is 2.25. The molecular weight excluding hydrogens is 303 g/mol. The Morgan fingerprint density at radius 1 is 1.18 bits per heavy atom. The van der Waals surface area contributed by atoms with Gasteiger partial charge in [-0.25, -0.2) is 0 Å². The number of aliphatic hydroxyl groups excluding tert-OH is 1. The molecule has 0 saturated heterocycles. The maximum atomic E-state index is 9.01. The molecule has 0 bridgehead atoms. The van der Waals surface area contributed by atoms with E-state index in [0.717, 1.165) is 10.2 Å². The van der Waals surface area contributed by atoms with E-state index in [1.165, 1.54) is 0 Å². The predicted molar refractivity (Wildman–Crippen MR) is 71.6 cm³/mol. The fourth-order valence-electron chi connectivity index (χ4n) is 1.37. The molecule has 0 aliphatic rings. The van der Waals surface area contributed by atoms with Crippen molar-refractivity contribution >= 4 is 27.5 Å². The fraction of sp³-hybridized carbons (Fsp3) is 0.0769. The summed E-state index contributed by atoms with van der Waals surface area (Å²) in [6.45, 7) is -0.0753. The number of aliphatic hydroxyl groups is 1. The number of benzene rings is 2. The van der Waals surface area contributed by atoms with Crippen molar-refractivity contribution in [3.8, 4) is 11.5 Å². The molecule has 0 fully saturated rings. The highest BCUT2D eigenvalue weighted by Crippen LogP contribution is 2.31. The molecule has 17 heavy (non-hydrogen) atoms. The third kappa shape index (κ3) is 3.00. The van der Waals surface area contributed by atoms with Gasteiger partial charge in [-0.15, -0.1) is 0 Å². The maximum Gasteiger partial charge on any atom is 0.141 e. The Kier molecular flexibility index (Phi) is 4.05. The van der Waals surface area contributed by atoms with Crippen molar-refractivity contribution in [3.05, 3.63) is 57.5 Å². The van der Waals surface area contributed by atoms with Gasteiger partial charge >= 0.3 is 0 Å². The lowest BCUT2D eigenvalue weighted by molar-refractivity contribution is 0.282. The molecule has 2 rings (SSSR count). The summed E-state index contributed by atoms with van der Waals surface area (Å²) in [5.74, 6) is 1.36. The molecule has 0 aliphatic carbocycles. The molecule has 0 heterocycles. The van der Waals surface area contributed by atoms with Gasteiger partial charge < -0.3 is 9.84 Å². The van der Waals surface area contributed by atoms with Crippen molar-refractivity contribution < 1.29 is 9.84 Å². The van der Waals surface area contributed by atoms with E-state index in [4.69, 9.17) is 21.4 Å². The topological polar surface area (TPSA) is 29.5 Å². The Labute approximate surface area is 113 Å². The molecule has 0 aromatic heterocycles. The first-order chi connectivity index (χ1) is 8.20. The molecule has 0 atom stereocenters. The van der Waals surface area contributed by atoms with Gasteiger partial charge in [-0.1, -0.05) is 29.8 Å². The summed E-state index contributed by atoms with van der Waals surface area (Å²) < 4.78 is 6.55. The monoisotopic (exact) mass is 312 g/mol. The van der Waals surface area contributed by atoms with Gasteiger partial charge in [0.25, 0.3) is 0 Å². The summed E-state index contributed by atoms with van der Waals surface area (Å²) >= 11 is 9.39. The highest BCUT2D eigenvalue weighted by molar-refractivity contribution is 9.10. The van der Waals surface area contributed by atoms with E-state index in [-0.39, 0.29) is 6.61 Å². The van der Waals surface area contributed by atoms with Gasteiger partial charge in [-0.3, -0.25) is 0 Å². The van der Waals surface area contributed by atoms with Crippen LogP contribution in [-0.4, -0.2) is 5.11 Å². The van der Waals surface area contributed by atoms with E-state index in [9.17, 15) is 0 Å². The second-order valence-electron chi connectivity index (χ2n) is 3.44. The minimum Gasteiger partial charge on any atom is -0.456 e. The molecule has 0 unspecified atom stereocenters. The Morgan fingerprint density at radius 3 is 2.59 bits per heavy atom. The van der Waals surface area contributed by atoms with Crippen LogP contribution in [0.4, 0.5) is 0 Å². The van der Waals surface area contributed by atoms with Crippen LogP contribution in [-0.2, 0) is 6.61 Å². The van der Waals surface area contributed by atoms with Crippen LogP contribution in [0.5, 0.6) is 11.5 Å². The zero-order valence-electron chi connectivity index (χ0n) is 8.86. The molecule has 2 aromatic rings. The van der Waals surface area contributed by atoms with Gasteiger partial charge in [0, 0.05) is 5.02 Å². The first-order valence-corrected chi connectivity index (χ1v) is 6.19. The number of halogens is 2. The lowest BCUT2D eigenvalue weighted by atomic mass is 10.2. The molecule has 0 spiro atoms. The molecule has 2 nitrogen and oxygen atoms in total. The molecule has 2 aromatic carbocycles. The summed E-state index contributed by atoms with van der Waals surface area (Å²) in [7, 11) is 0. The highest BCUT2D eigenvalue weighted by atomic mass is 79.9. The summed E-state index contributed by atoms with van der Waals surface area (Å²) in [6.07, 6.45) is 0. The third-order valence-corrected chi connectivity index (χ3v) is 3.27. The standard InChI is InChI=1S/C13H10BrClO2/c14-11-3-1-2-4-13(11)17-10-6-5-9(8-16)12(15)7-10/h1-7,16H,8H2. The molecular formula is C13H10BrClO2. The Hall–Kier alpha value is -1.03. The SMILES string of the molecule is OCc1ccc(Oc2ccccc2Br)cc1Cl. The zero-order valence-corrected chi connectivity index (χ0v) is 11.2. The van der Waals surface area contributed by atoms with Crippen LogP contribution in [0, 0.1) is 0 Å². The van der Waals surface area contributed by atoms with E-state index in [1.54, 1.807) is 18.2 Å². The smallest absolute Gasteiger partial charge is 0.141 e. The van der Waals surface area contributed by atoms with Gasteiger partial charge in [0.15, 0.2) is 0 Å². The summed E-state index contributed by atoms with van der Waals surface area (Å²) in [6, 6.07) is 12.8. The minimum absolute atomic E-state index is 0.0753. The average Bonchev–Trinajstić information content (AvgIpc) is 2.32. The normalized spacial score (nSPS) is 10.3. The largest absolute Gasteiger partial charge is 0.456 e. The molecule has 1 N–H and O–H groups in total. The predicted octanol–water partition coefficient (Wildman–Crippen LogP) is 4.39. The summed E-state index contributed by atoms with van der Waals surface area (Å²) in [5, 5.41) is 9.51. The second kappa shape index (κ2) is 5.54. The lowest BCUT2D eigenvalue weighted by Gasteiger charge is -2.09. The number of hydrogen-bond acceptors (Lipinski definition) is 2. The van der Waals surface area contributed by atoms with Crippen molar-refractivity contribution in [2.45, 2.75) is 6.61 Å². The van der Waals surface area contributed by atoms with Gasteiger partial charge in [-0.2, -0.15) is 0 Å². The number of hydrogen-bond donors (Lipinski definition) is 1. The average molecular weight is 314 g/mol. The molecule has 0 aliphatic heterocycles. The minimum atomic E-state index is -0.0753. The van der Waals surface area contributed by atoms with E-state index in [1.807, 2.05) is 24.3 Å². The third-order valence-electron chi connectivity index (χ3n) is 2.26. The number of para-hydroxylation sites is 1. The van der Waals surface area contributed by atoms with E-state index >= 15 is 0 Å².